The number of hydrogen-bond acceptors (Lipinski definition) is 2. The molecule has 0 aliphatic heterocycles. The average Bonchev–Trinajstić information content (AvgIpc) is 2.93. The van der Waals surface area contributed by atoms with Gasteiger partial charge in [0.15, 0.2) is 0 Å². The topological polar surface area (TPSA) is 42.0 Å². The molecule has 0 radical (unpaired) electrons. The van der Waals surface area contributed by atoms with Crippen molar-refractivity contribution >= 4 is 11.7 Å². The summed E-state index contributed by atoms with van der Waals surface area (Å²) < 4.78 is 12.7. The highest BCUT2D eigenvalue weighted by molar-refractivity contribution is 6.08. The maximum absolute atomic E-state index is 12.7. The predicted molar refractivity (Wildman–Crippen MR) is 66.2 cm³/mol. The van der Waals surface area contributed by atoms with Crippen LogP contribution in [0, 0.1) is 5.82 Å². The van der Waals surface area contributed by atoms with Crippen LogP contribution in [0.3, 0.4) is 0 Å². The van der Waals surface area contributed by atoms with Crippen molar-refractivity contribution in [3.8, 4) is 0 Å². The average molecular weight is 240 g/mol. The molecule has 2 aliphatic carbocycles. The van der Waals surface area contributed by atoms with E-state index in [2.05, 4.69) is 10.3 Å². The minimum absolute atomic E-state index is 0.240. The van der Waals surface area contributed by atoms with Gasteiger partial charge >= 0.3 is 0 Å². The molecule has 0 unspecified atom stereocenters. The Morgan fingerprint density at radius 1 is 1.22 bits per heavy atom. The van der Waals surface area contributed by atoms with E-state index in [1.54, 1.807) is 6.08 Å². The van der Waals surface area contributed by atoms with Crippen LogP contribution in [-0.2, 0) is 4.79 Å². The Hall–Kier alpha value is -2.49. The van der Waals surface area contributed by atoms with Crippen molar-refractivity contribution in [2.24, 2.45) is 0 Å². The van der Waals surface area contributed by atoms with Gasteiger partial charge < -0.3 is 5.32 Å². The fraction of sp³-hybridized carbons (Fsp3) is 0. The number of hydrogen-bond donors (Lipinski definition) is 1. The summed E-state index contributed by atoms with van der Waals surface area (Å²) in [6, 6.07) is 2.68. The number of halogens is 1. The summed E-state index contributed by atoms with van der Waals surface area (Å²) in [5, 5.41) is 2.64. The van der Waals surface area contributed by atoms with Gasteiger partial charge in [-0.1, -0.05) is 24.3 Å². The summed E-state index contributed by atoms with van der Waals surface area (Å²) in [6.45, 7) is 0. The summed E-state index contributed by atoms with van der Waals surface area (Å²) in [5.41, 5.74) is 2.54. The minimum Gasteiger partial charge on any atom is -0.307 e. The molecule has 4 heteroatoms. The first kappa shape index (κ1) is 10.7. The molecule has 0 atom stereocenters. The number of allylic oxidation sites excluding steroid dienone is 6. The lowest BCUT2D eigenvalue weighted by atomic mass is 10.1. The molecule has 0 fully saturated rings. The highest BCUT2D eigenvalue weighted by Crippen LogP contribution is 2.30. The Bertz CT molecular complexity index is 636. The summed E-state index contributed by atoms with van der Waals surface area (Å²) >= 11 is 0. The van der Waals surface area contributed by atoms with Crippen LogP contribution < -0.4 is 5.32 Å². The monoisotopic (exact) mass is 240 g/mol. The summed E-state index contributed by atoms with van der Waals surface area (Å²) in [7, 11) is 0. The third kappa shape index (κ3) is 1.78. The first-order valence-electron chi connectivity index (χ1n) is 5.48. The van der Waals surface area contributed by atoms with Crippen molar-refractivity contribution in [1.82, 2.24) is 4.98 Å². The van der Waals surface area contributed by atoms with Gasteiger partial charge in [0.1, 0.15) is 11.6 Å². The molecule has 0 saturated heterocycles. The fourth-order valence-corrected chi connectivity index (χ4v) is 1.92. The number of anilines is 1. The molecule has 2 aliphatic rings. The zero-order valence-electron chi connectivity index (χ0n) is 9.35. The second-order valence-electron chi connectivity index (χ2n) is 3.96. The Kier molecular flexibility index (Phi) is 2.41. The van der Waals surface area contributed by atoms with Crippen molar-refractivity contribution in [3.63, 3.8) is 0 Å². The molecule has 1 N–H and O–H groups in total. The molecular formula is C14H9FN2O. The van der Waals surface area contributed by atoms with Gasteiger partial charge in [0.2, 0.25) is 0 Å². The van der Waals surface area contributed by atoms with Crippen LogP contribution in [0.1, 0.15) is 0 Å². The second-order valence-corrected chi connectivity index (χ2v) is 3.96. The third-order valence-electron chi connectivity index (χ3n) is 2.78. The van der Waals surface area contributed by atoms with E-state index in [0.717, 1.165) is 17.3 Å². The first-order valence-corrected chi connectivity index (χ1v) is 5.48. The maximum Gasteiger partial charge on any atom is 0.257 e. The SMILES string of the molecule is O=C(Nc1ccc(F)cn1)C1=C2C=CC=C2C=C1. The molecule has 88 valence electrons. The zero-order chi connectivity index (χ0) is 12.5. The quantitative estimate of drug-likeness (QED) is 0.863. The smallest absolute Gasteiger partial charge is 0.257 e. The maximum atomic E-state index is 12.7. The van der Waals surface area contributed by atoms with Gasteiger partial charge in [-0.15, -0.1) is 0 Å². The van der Waals surface area contributed by atoms with E-state index in [1.807, 2.05) is 24.3 Å². The molecule has 1 aromatic heterocycles. The van der Waals surface area contributed by atoms with Crippen LogP contribution in [-0.4, -0.2) is 10.9 Å². The molecule has 1 aromatic rings. The lowest BCUT2D eigenvalue weighted by Crippen LogP contribution is -2.14. The number of nitrogens with one attached hydrogen (secondary N) is 1. The Labute approximate surface area is 103 Å². The van der Waals surface area contributed by atoms with Gasteiger partial charge in [-0.3, -0.25) is 4.79 Å². The van der Waals surface area contributed by atoms with Gasteiger partial charge in [0, 0.05) is 5.57 Å². The van der Waals surface area contributed by atoms with Crippen molar-refractivity contribution in [2.45, 2.75) is 0 Å². The molecule has 3 rings (SSSR count). The molecule has 18 heavy (non-hydrogen) atoms. The lowest BCUT2D eigenvalue weighted by molar-refractivity contribution is -0.112. The standard InChI is InChI=1S/C14H9FN2O/c15-10-5-7-13(16-8-10)17-14(18)12-6-4-9-2-1-3-11(9)12/h1-8H,(H,16,17,18). The van der Waals surface area contributed by atoms with E-state index in [0.29, 0.717) is 11.4 Å². The van der Waals surface area contributed by atoms with Gasteiger partial charge in [-0.25, -0.2) is 9.37 Å². The van der Waals surface area contributed by atoms with E-state index in [1.165, 1.54) is 12.1 Å². The largest absolute Gasteiger partial charge is 0.307 e. The number of nitrogens with zero attached hydrogens (tertiary/aromatic N) is 1. The van der Waals surface area contributed by atoms with E-state index in [9.17, 15) is 9.18 Å². The molecule has 1 heterocycles. The van der Waals surface area contributed by atoms with Crippen molar-refractivity contribution in [3.05, 3.63) is 71.2 Å². The Balaban J connectivity index is 1.83. The fourth-order valence-electron chi connectivity index (χ4n) is 1.92. The van der Waals surface area contributed by atoms with E-state index < -0.39 is 5.82 Å². The normalized spacial score (nSPS) is 15.9. The number of aromatic nitrogens is 1. The van der Waals surface area contributed by atoms with E-state index >= 15 is 0 Å². The number of pyridine rings is 1. The number of rotatable bonds is 2. The van der Waals surface area contributed by atoms with Gasteiger partial charge in [-0.05, 0) is 29.4 Å². The van der Waals surface area contributed by atoms with Crippen LogP contribution in [0.5, 0.6) is 0 Å². The van der Waals surface area contributed by atoms with Gasteiger partial charge in [0.25, 0.3) is 5.91 Å². The minimum atomic E-state index is -0.431. The van der Waals surface area contributed by atoms with Crippen LogP contribution in [0.15, 0.2) is 65.4 Å². The summed E-state index contributed by atoms with van der Waals surface area (Å²) in [4.78, 5) is 15.8. The molecular weight excluding hydrogens is 231 g/mol. The summed E-state index contributed by atoms with van der Waals surface area (Å²) in [5.74, 6) is -0.336. The first-order chi connectivity index (χ1) is 8.74. The molecule has 0 saturated carbocycles. The van der Waals surface area contributed by atoms with Crippen LogP contribution >= 0.6 is 0 Å². The predicted octanol–water partition coefficient (Wildman–Crippen LogP) is 2.52. The zero-order valence-corrected chi connectivity index (χ0v) is 9.35. The van der Waals surface area contributed by atoms with E-state index in [4.69, 9.17) is 0 Å². The highest BCUT2D eigenvalue weighted by Gasteiger charge is 2.20. The van der Waals surface area contributed by atoms with Crippen LogP contribution in [0.2, 0.25) is 0 Å². The lowest BCUT2D eigenvalue weighted by Gasteiger charge is -2.05. The highest BCUT2D eigenvalue weighted by atomic mass is 19.1. The molecule has 3 nitrogen and oxygen atoms in total. The van der Waals surface area contributed by atoms with Crippen molar-refractivity contribution in [1.29, 1.82) is 0 Å². The Morgan fingerprint density at radius 3 is 2.89 bits per heavy atom. The number of carbonyl (C=O) groups is 1. The third-order valence-corrected chi connectivity index (χ3v) is 2.78. The Morgan fingerprint density at radius 2 is 2.11 bits per heavy atom. The molecule has 1 amide bonds. The number of amides is 1. The number of carbonyl (C=O) groups excluding carboxylic acids is 1. The van der Waals surface area contributed by atoms with Gasteiger partial charge in [-0.2, -0.15) is 0 Å². The van der Waals surface area contributed by atoms with Crippen molar-refractivity contribution in [2.75, 3.05) is 5.32 Å². The number of fused-ring (bicyclic) bond motifs is 1. The summed E-state index contributed by atoms with van der Waals surface area (Å²) in [6.07, 6.45) is 10.5. The van der Waals surface area contributed by atoms with E-state index in [-0.39, 0.29) is 5.91 Å². The van der Waals surface area contributed by atoms with Crippen LogP contribution in [0.4, 0.5) is 10.2 Å². The van der Waals surface area contributed by atoms with Crippen molar-refractivity contribution < 1.29 is 9.18 Å². The molecule has 0 spiro atoms. The second kappa shape index (κ2) is 4.07. The van der Waals surface area contributed by atoms with Crippen LogP contribution in [0.25, 0.3) is 0 Å². The molecule has 0 aromatic carbocycles. The molecule has 0 bridgehead atoms. The van der Waals surface area contributed by atoms with Gasteiger partial charge in [0.05, 0.1) is 6.20 Å².